The van der Waals surface area contributed by atoms with Gasteiger partial charge in [0.1, 0.15) is 23.7 Å². The number of morpholine rings is 1. The van der Waals surface area contributed by atoms with Gasteiger partial charge in [-0.25, -0.2) is 14.4 Å². The Balaban J connectivity index is 1.75. The number of amides is 1. The van der Waals surface area contributed by atoms with Crippen molar-refractivity contribution in [1.82, 2.24) is 14.9 Å². The minimum atomic E-state index is -0.344. The Morgan fingerprint density at radius 1 is 1.23 bits per heavy atom. The van der Waals surface area contributed by atoms with Crippen LogP contribution < -0.4 is 5.32 Å². The Morgan fingerprint density at radius 3 is 2.82 bits per heavy atom. The van der Waals surface area contributed by atoms with E-state index in [0.717, 1.165) is 0 Å². The molecular weight excluding hydrogens is 287 g/mol. The van der Waals surface area contributed by atoms with Crippen molar-refractivity contribution in [3.63, 3.8) is 0 Å². The molecule has 1 fully saturated rings. The van der Waals surface area contributed by atoms with Crippen LogP contribution in [0.3, 0.4) is 0 Å². The molecule has 114 valence electrons. The first-order valence-electron chi connectivity index (χ1n) is 6.94. The van der Waals surface area contributed by atoms with E-state index in [0.29, 0.717) is 43.5 Å². The third-order valence-corrected chi connectivity index (χ3v) is 3.28. The van der Waals surface area contributed by atoms with Crippen LogP contribution in [0.1, 0.15) is 10.5 Å². The average molecular weight is 302 g/mol. The van der Waals surface area contributed by atoms with Gasteiger partial charge in [-0.3, -0.25) is 4.79 Å². The summed E-state index contributed by atoms with van der Waals surface area (Å²) in [7, 11) is 0. The Hall–Kier alpha value is -2.54. The van der Waals surface area contributed by atoms with Crippen LogP contribution in [0, 0.1) is 5.82 Å². The zero-order valence-corrected chi connectivity index (χ0v) is 11.8. The zero-order chi connectivity index (χ0) is 15.4. The van der Waals surface area contributed by atoms with Crippen LogP contribution in [0.5, 0.6) is 0 Å². The lowest BCUT2D eigenvalue weighted by molar-refractivity contribution is 0.0299. The number of nitrogens with zero attached hydrogens (tertiary/aromatic N) is 3. The molecule has 1 aliphatic rings. The zero-order valence-electron chi connectivity index (χ0n) is 11.8. The van der Waals surface area contributed by atoms with Crippen molar-refractivity contribution in [1.29, 1.82) is 0 Å². The molecule has 2 aromatic rings. The molecule has 1 aromatic heterocycles. The summed E-state index contributed by atoms with van der Waals surface area (Å²) >= 11 is 0. The van der Waals surface area contributed by atoms with Gasteiger partial charge in [-0.15, -0.1) is 0 Å². The fourth-order valence-corrected chi connectivity index (χ4v) is 2.19. The highest BCUT2D eigenvalue weighted by Crippen LogP contribution is 2.16. The number of rotatable bonds is 3. The summed E-state index contributed by atoms with van der Waals surface area (Å²) in [4.78, 5) is 22.1. The van der Waals surface area contributed by atoms with E-state index < -0.39 is 0 Å². The van der Waals surface area contributed by atoms with Gasteiger partial charge in [-0.2, -0.15) is 0 Å². The molecule has 0 bridgehead atoms. The fraction of sp³-hybridized carbons (Fsp3) is 0.267. The van der Waals surface area contributed by atoms with E-state index in [4.69, 9.17) is 4.74 Å². The SMILES string of the molecule is O=C(c1cc(Nc2cccc(F)c2)ncn1)N1CCOCC1. The Kier molecular flexibility index (Phi) is 4.24. The van der Waals surface area contributed by atoms with Gasteiger partial charge in [-0.1, -0.05) is 6.07 Å². The molecule has 1 aliphatic heterocycles. The van der Waals surface area contributed by atoms with Gasteiger partial charge in [0.2, 0.25) is 0 Å². The summed E-state index contributed by atoms with van der Waals surface area (Å²) in [5.74, 6) is -0.0612. The van der Waals surface area contributed by atoms with Gasteiger partial charge in [0.05, 0.1) is 13.2 Å². The van der Waals surface area contributed by atoms with E-state index in [9.17, 15) is 9.18 Å². The van der Waals surface area contributed by atoms with Crippen LogP contribution in [-0.2, 0) is 4.74 Å². The molecule has 0 aliphatic carbocycles. The minimum Gasteiger partial charge on any atom is -0.378 e. The van der Waals surface area contributed by atoms with Crippen molar-refractivity contribution in [2.75, 3.05) is 31.6 Å². The van der Waals surface area contributed by atoms with Crippen LogP contribution in [0.25, 0.3) is 0 Å². The van der Waals surface area contributed by atoms with Crippen molar-refractivity contribution < 1.29 is 13.9 Å². The number of hydrogen-bond donors (Lipinski definition) is 1. The number of nitrogens with one attached hydrogen (secondary N) is 1. The summed E-state index contributed by atoms with van der Waals surface area (Å²) in [5.41, 5.74) is 0.860. The van der Waals surface area contributed by atoms with E-state index in [2.05, 4.69) is 15.3 Å². The quantitative estimate of drug-likeness (QED) is 0.937. The number of aromatic nitrogens is 2. The first-order chi connectivity index (χ1) is 10.7. The number of hydrogen-bond acceptors (Lipinski definition) is 5. The molecule has 1 amide bonds. The molecular formula is C15H15FN4O2. The highest BCUT2D eigenvalue weighted by atomic mass is 19.1. The van der Waals surface area contributed by atoms with Gasteiger partial charge < -0.3 is 15.0 Å². The second-order valence-electron chi connectivity index (χ2n) is 4.83. The molecule has 6 nitrogen and oxygen atoms in total. The number of ether oxygens (including phenoxy) is 1. The predicted molar refractivity (Wildman–Crippen MR) is 78.4 cm³/mol. The molecule has 0 unspecified atom stereocenters. The number of anilines is 2. The second-order valence-corrected chi connectivity index (χ2v) is 4.83. The average Bonchev–Trinajstić information content (AvgIpc) is 2.55. The van der Waals surface area contributed by atoms with Gasteiger partial charge in [0.25, 0.3) is 5.91 Å². The molecule has 0 spiro atoms. The normalized spacial score (nSPS) is 14.7. The predicted octanol–water partition coefficient (Wildman–Crippen LogP) is 1.83. The molecule has 0 saturated carbocycles. The second kappa shape index (κ2) is 6.48. The highest BCUT2D eigenvalue weighted by Gasteiger charge is 2.20. The third kappa shape index (κ3) is 3.37. The molecule has 3 rings (SSSR count). The van der Waals surface area contributed by atoms with E-state index in [1.807, 2.05) is 0 Å². The lowest BCUT2D eigenvalue weighted by atomic mass is 10.3. The van der Waals surface area contributed by atoms with Crippen LogP contribution in [0.4, 0.5) is 15.9 Å². The summed E-state index contributed by atoms with van der Waals surface area (Å²) in [6.07, 6.45) is 1.31. The smallest absolute Gasteiger partial charge is 0.272 e. The molecule has 0 radical (unpaired) electrons. The number of benzene rings is 1. The maximum absolute atomic E-state index is 13.2. The van der Waals surface area contributed by atoms with Crippen molar-refractivity contribution >= 4 is 17.4 Å². The van der Waals surface area contributed by atoms with Crippen LogP contribution >= 0.6 is 0 Å². The molecule has 1 N–H and O–H groups in total. The molecule has 22 heavy (non-hydrogen) atoms. The maximum Gasteiger partial charge on any atom is 0.272 e. The van der Waals surface area contributed by atoms with Crippen LogP contribution in [-0.4, -0.2) is 47.1 Å². The molecule has 1 aromatic carbocycles. The lowest BCUT2D eigenvalue weighted by Crippen LogP contribution is -2.41. The van der Waals surface area contributed by atoms with E-state index >= 15 is 0 Å². The van der Waals surface area contributed by atoms with Gasteiger partial charge >= 0.3 is 0 Å². The summed E-state index contributed by atoms with van der Waals surface area (Å²) in [6.45, 7) is 2.17. The standard InChI is InChI=1S/C15H15FN4O2/c16-11-2-1-3-12(8-11)19-14-9-13(17-10-18-14)15(21)20-4-6-22-7-5-20/h1-3,8-10H,4-7H2,(H,17,18,19). The fourth-order valence-electron chi connectivity index (χ4n) is 2.19. The summed E-state index contributed by atoms with van der Waals surface area (Å²) in [5, 5.41) is 2.96. The van der Waals surface area contributed by atoms with Crippen LogP contribution in [0.2, 0.25) is 0 Å². The lowest BCUT2D eigenvalue weighted by Gasteiger charge is -2.26. The monoisotopic (exact) mass is 302 g/mol. The highest BCUT2D eigenvalue weighted by molar-refractivity contribution is 5.93. The Morgan fingerprint density at radius 2 is 2.05 bits per heavy atom. The first kappa shape index (κ1) is 14.4. The molecule has 7 heteroatoms. The summed E-state index contributed by atoms with van der Waals surface area (Å²) < 4.78 is 18.4. The largest absolute Gasteiger partial charge is 0.378 e. The van der Waals surface area contributed by atoms with E-state index in [-0.39, 0.29) is 11.7 Å². The number of carbonyl (C=O) groups is 1. The summed E-state index contributed by atoms with van der Waals surface area (Å²) in [6, 6.07) is 7.58. The Labute approximate surface area is 126 Å². The number of halogens is 1. The molecule has 1 saturated heterocycles. The van der Waals surface area contributed by atoms with Gasteiger partial charge in [0.15, 0.2) is 0 Å². The number of carbonyl (C=O) groups excluding carboxylic acids is 1. The van der Waals surface area contributed by atoms with Crippen molar-refractivity contribution in [3.05, 3.63) is 48.2 Å². The minimum absolute atomic E-state index is 0.159. The topological polar surface area (TPSA) is 67.4 Å². The van der Waals surface area contributed by atoms with Gasteiger partial charge in [0, 0.05) is 24.8 Å². The van der Waals surface area contributed by atoms with Crippen LogP contribution in [0.15, 0.2) is 36.7 Å². The van der Waals surface area contributed by atoms with Gasteiger partial charge in [-0.05, 0) is 18.2 Å². The third-order valence-electron chi connectivity index (χ3n) is 3.28. The van der Waals surface area contributed by atoms with Crippen molar-refractivity contribution in [3.8, 4) is 0 Å². The van der Waals surface area contributed by atoms with Crippen molar-refractivity contribution in [2.45, 2.75) is 0 Å². The van der Waals surface area contributed by atoms with E-state index in [1.165, 1.54) is 18.5 Å². The first-order valence-corrected chi connectivity index (χ1v) is 6.94. The molecule has 0 atom stereocenters. The van der Waals surface area contributed by atoms with Crippen molar-refractivity contribution in [2.24, 2.45) is 0 Å². The van der Waals surface area contributed by atoms with E-state index in [1.54, 1.807) is 23.1 Å². The Bertz CT molecular complexity index is 674. The molecule has 2 heterocycles. The maximum atomic E-state index is 13.2.